The van der Waals surface area contributed by atoms with Crippen LogP contribution >= 0.6 is 0 Å². The van der Waals surface area contributed by atoms with Crippen LogP contribution in [0.5, 0.6) is 0 Å². The Balaban J connectivity index is 1.23. The molecule has 13 rings (SSSR count). The third-order valence-electron chi connectivity index (χ3n) is 15.3. The van der Waals surface area contributed by atoms with Crippen LogP contribution in [0, 0.1) is 0 Å². The lowest BCUT2D eigenvalue weighted by Gasteiger charge is -2.25. The molecule has 0 unspecified atom stereocenters. The fraction of sp³-hybridized carbons (Fsp3) is 0.110. The molecule has 0 aliphatic heterocycles. The SMILES string of the molecule is CC(C)(C)c1cc(-c2ccccc2)c2c(c1)c1cc(C(C)(C)C)cc(-c3ccccc3)c1n2-c1c(C2=CC=C3C=CC=C32)cc(-c2nc(-c3ccccc3)nc(-c3ccccc3)n2)cc1-c1ccc(-c2ccccc2)cc1. The third kappa shape index (κ3) is 8.66. The summed E-state index contributed by atoms with van der Waals surface area (Å²) in [5, 5.41) is 2.43. The Kier molecular flexibility index (Phi) is 11.6. The predicted octanol–water partition coefficient (Wildman–Crippen LogP) is 19.1. The van der Waals surface area contributed by atoms with Crippen molar-refractivity contribution in [1.82, 2.24) is 19.5 Å². The minimum atomic E-state index is -0.144. The number of benzene rings is 9. The second-order valence-corrected chi connectivity index (χ2v) is 22.5. The van der Waals surface area contributed by atoms with Crippen LogP contribution in [0.3, 0.4) is 0 Å². The van der Waals surface area contributed by atoms with Gasteiger partial charge in [0.2, 0.25) is 0 Å². The van der Waals surface area contributed by atoms with Crippen LogP contribution in [0.25, 0.3) is 112 Å². The van der Waals surface area contributed by atoms with Gasteiger partial charge in [-0.05, 0) is 103 Å². The summed E-state index contributed by atoms with van der Waals surface area (Å²) in [6, 6.07) is 76.9. The molecule has 0 saturated carbocycles. The summed E-state index contributed by atoms with van der Waals surface area (Å²) in [7, 11) is 0. The molecule has 2 aliphatic carbocycles. The van der Waals surface area contributed by atoms with Gasteiger partial charge in [0.1, 0.15) is 0 Å². The molecule has 0 amide bonds. The van der Waals surface area contributed by atoms with E-state index in [1.165, 1.54) is 49.7 Å². The van der Waals surface area contributed by atoms with Gasteiger partial charge in [0, 0.05) is 49.7 Å². The fourth-order valence-corrected chi connectivity index (χ4v) is 11.2. The summed E-state index contributed by atoms with van der Waals surface area (Å²) in [4.78, 5) is 15.9. The number of hydrogen-bond donors (Lipinski definition) is 0. The van der Waals surface area contributed by atoms with E-state index >= 15 is 0 Å². The van der Waals surface area contributed by atoms with Crippen LogP contribution < -0.4 is 0 Å². The number of hydrogen-bond acceptors (Lipinski definition) is 3. The van der Waals surface area contributed by atoms with Gasteiger partial charge in [-0.15, -0.1) is 0 Å². The first kappa shape index (κ1) is 47.5. The lowest BCUT2D eigenvalue weighted by Crippen LogP contribution is -2.11. The predicted molar refractivity (Wildman–Crippen MR) is 323 cm³/mol. The molecule has 9 aromatic carbocycles. The Morgan fingerprint density at radius 3 is 1.18 bits per heavy atom. The number of aromatic nitrogens is 4. The Labute approximate surface area is 451 Å². The van der Waals surface area contributed by atoms with Crippen molar-refractivity contribution in [2.45, 2.75) is 52.4 Å². The molecule has 0 bridgehead atoms. The van der Waals surface area contributed by atoms with Crippen molar-refractivity contribution in [2.24, 2.45) is 0 Å². The average molecular weight is 991 g/mol. The molecule has 11 aromatic rings. The topological polar surface area (TPSA) is 43.6 Å². The Hall–Kier alpha value is -9.25. The minimum Gasteiger partial charge on any atom is -0.307 e. The number of fused-ring (bicyclic) bond motifs is 4. The van der Waals surface area contributed by atoms with Crippen LogP contribution in [-0.2, 0) is 10.8 Å². The van der Waals surface area contributed by atoms with Crippen LogP contribution in [0.2, 0.25) is 0 Å². The molecule has 370 valence electrons. The molecule has 77 heavy (non-hydrogen) atoms. The minimum absolute atomic E-state index is 0.144. The smallest absolute Gasteiger partial charge is 0.164 e. The highest BCUT2D eigenvalue weighted by molar-refractivity contribution is 6.19. The van der Waals surface area contributed by atoms with Gasteiger partial charge >= 0.3 is 0 Å². The zero-order valence-corrected chi connectivity index (χ0v) is 44.4. The average Bonchev–Trinajstić information content (AvgIpc) is 4.21. The van der Waals surface area contributed by atoms with Crippen molar-refractivity contribution >= 4 is 27.4 Å². The maximum Gasteiger partial charge on any atom is 0.164 e. The van der Waals surface area contributed by atoms with Gasteiger partial charge in [-0.2, -0.15) is 0 Å². The molecular formula is C73H58N4. The van der Waals surface area contributed by atoms with Crippen LogP contribution in [-0.4, -0.2) is 19.5 Å². The summed E-state index contributed by atoms with van der Waals surface area (Å²) in [5.74, 6) is 1.83. The van der Waals surface area contributed by atoms with Crippen LogP contribution in [0.1, 0.15) is 58.2 Å². The van der Waals surface area contributed by atoms with Gasteiger partial charge < -0.3 is 4.57 Å². The first-order valence-electron chi connectivity index (χ1n) is 26.8. The molecule has 2 aliphatic rings. The van der Waals surface area contributed by atoms with Crippen molar-refractivity contribution in [2.75, 3.05) is 0 Å². The first-order valence-corrected chi connectivity index (χ1v) is 26.8. The highest BCUT2D eigenvalue weighted by atomic mass is 15.0. The summed E-state index contributed by atoms with van der Waals surface area (Å²) >= 11 is 0. The molecule has 0 atom stereocenters. The highest BCUT2D eigenvalue weighted by Crippen LogP contribution is 2.51. The Morgan fingerprint density at radius 1 is 0.325 bits per heavy atom. The van der Waals surface area contributed by atoms with E-state index in [1.54, 1.807) is 0 Å². The van der Waals surface area contributed by atoms with Gasteiger partial charge in [-0.25, -0.2) is 15.0 Å². The van der Waals surface area contributed by atoms with E-state index in [-0.39, 0.29) is 10.8 Å². The molecule has 2 aromatic heterocycles. The summed E-state index contributed by atoms with van der Waals surface area (Å²) in [6.45, 7) is 14.0. The maximum absolute atomic E-state index is 5.40. The van der Waals surface area contributed by atoms with E-state index < -0.39 is 0 Å². The second-order valence-electron chi connectivity index (χ2n) is 22.5. The van der Waals surface area contributed by atoms with Crippen molar-refractivity contribution in [3.8, 4) is 84.4 Å². The van der Waals surface area contributed by atoms with Gasteiger partial charge in [0.15, 0.2) is 17.5 Å². The highest BCUT2D eigenvalue weighted by Gasteiger charge is 2.31. The molecular weight excluding hydrogens is 933 g/mol. The molecule has 0 N–H and O–H groups in total. The molecule has 0 spiro atoms. The van der Waals surface area contributed by atoms with Crippen molar-refractivity contribution in [1.29, 1.82) is 0 Å². The van der Waals surface area contributed by atoms with E-state index in [9.17, 15) is 0 Å². The standard InChI is InChI=1S/C73H58N4/c1-72(2,3)56-43-61(49-25-14-8-15-26-49)67-64(45-56)65-46-57(73(4,5)6)44-62(50-27-16-9-17-28-50)68(65)77(67)66-60(52-37-35-48(36-38-52)47-23-12-7-13-24-47)41-55(42-63(66)59-40-39-51-33-22-34-58(51)59)71-75-69(53-29-18-10-19-30-53)74-70(76-71)54-31-20-11-21-32-54/h7-46H,1-6H3. The van der Waals surface area contributed by atoms with Gasteiger partial charge in [-0.1, -0.05) is 248 Å². The van der Waals surface area contributed by atoms with Gasteiger partial charge in [-0.3, -0.25) is 0 Å². The lowest BCUT2D eigenvalue weighted by atomic mass is 9.82. The quantitative estimate of drug-likeness (QED) is 0.145. The normalized spacial score (nSPS) is 13.2. The molecule has 0 radical (unpaired) electrons. The molecule has 0 saturated heterocycles. The van der Waals surface area contributed by atoms with E-state index in [0.717, 1.165) is 72.4 Å². The Morgan fingerprint density at radius 2 is 0.714 bits per heavy atom. The van der Waals surface area contributed by atoms with Crippen LogP contribution in [0.15, 0.2) is 254 Å². The maximum atomic E-state index is 5.40. The second kappa shape index (κ2) is 18.8. The van der Waals surface area contributed by atoms with E-state index in [2.05, 4.69) is 252 Å². The number of rotatable bonds is 9. The summed E-state index contributed by atoms with van der Waals surface area (Å²) in [5.41, 5.74) is 22.1. The van der Waals surface area contributed by atoms with E-state index in [1.807, 2.05) is 36.4 Å². The monoisotopic (exact) mass is 990 g/mol. The zero-order valence-electron chi connectivity index (χ0n) is 44.4. The van der Waals surface area contributed by atoms with Crippen molar-refractivity contribution in [3.05, 3.63) is 271 Å². The Bertz CT molecular complexity index is 4030. The van der Waals surface area contributed by atoms with Crippen LogP contribution in [0.4, 0.5) is 0 Å². The molecule has 4 heteroatoms. The third-order valence-corrected chi connectivity index (χ3v) is 15.3. The van der Waals surface area contributed by atoms with Gasteiger partial charge in [0.25, 0.3) is 0 Å². The van der Waals surface area contributed by atoms with Crippen molar-refractivity contribution < 1.29 is 0 Å². The van der Waals surface area contributed by atoms with Gasteiger partial charge in [0.05, 0.1) is 16.7 Å². The summed E-state index contributed by atoms with van der Waals surface area (Å²) in [6.07, 6.45) is 11.2. The summed E-state index contributed by atoms with van der Waals surface area (Å²) < 4.78 is 2.65. The molecule has 0 fully saturated rings. The molecule has 4 nitrogen and oxygen atoms in total. The fourth-order valence-electron chi connectivity index (χ4n) is 11.2. The lowest BCUT2D eigenvalue weighted by molar-refractivity contribution is 0.590. The zero-order chi connectivity index (χ0) is 52.4. The number of allylic oxidation sites excluding steroid dienone is 8. The number of nitrogens with zero attached hydrogens (tertiary/aromatic N) is 4. The van der Waals surface area contributed by atoms with Crippen molar-refractivity contribution in [3.63, 3.8) is 0 Å². The largest absolute Gasteiger partial charge is 0.307 e. The van der Waals surface area contributed by atoms with E-state index in [4.69, 9.17) is 15.0 Å². The first-order chi connectivity index (χ1) is 37.4. The van der Waals surface area contributed by atoms with E-state index in [0.29, 0.717) is 17.5 Å². The molecule has 2 heterocycles.